The zero-order valence-electron chi connectivity index (χ0n) is 10.1. The molecule has 0 amide bonds. The first-order valence-electron chi connectivity index (χ1n) is 5.33. The van der Waals surface area contributed by atoms with E-state index in [1.165, 1.54) is 6.07 Å². The summed E-state index contributed by atoms with van der Waals surface area (Å²) in [4.78, 5) is 11.2. The zero-order chi connectivity index (χ0) is 14.9. The van der Waals surface area contributed by atoms with Crippen molar-refractivity contribution in [2.45, 2.75) is 6.18 Å². The van der Waals surface area contributed by atoms with Gasteiger partial charge in [0.1, 0.15) is 11.5 Å². The second-order valence-corrected chi connectivity index (χ2v) is 3.83. The Kier molecular flexibility index (Phi) is 3.47. The minimum absolute atomic E-state index is 0.0445. The summed E-state index contributed by atoms with van der Waals surface area (Å²) in [5.74, 6) is -1.63. The lowest BCUT2D eigenvalue weighted by molar-refractivity contribution is -0.137. The van der Waals surface area contributed by atoms with Gasteiger partial charge in [0, 0.05) is 6.20 Å². The molecule has 1 aromatic heterocycles. The van der Waals surface area contributed by atoms with Gasteiger partial charge in [0.05, 0.1) is 24.4 Å². The number of carbonyl (C=O) groups is 1. The van der Waals surface area contributed by atoms with E-state index < -0.39 is 23.5 Å². The Morgan fingerprint density at radius 3 is 2.55 bits per heavy atom. The molecule has 2 aromatic rings. The Hall–Kier alpha value is -2.38. The fraction of sp³-hybridized carbons (Fsp3) is 0.167. The molecule has 8 heteroatoms. The lowest BCUT2D eigenvalue weighted by Crippen LogP contribution is -2.05. The number of esters is 1. The fourth-order valence-corrected chi connectivity index (χ4v) is 1.54. The van der Waals surface area contributed by atoms with Gasteiger partial charge in [-0.1, -0.05) is 0 Å². The van der Waals surface area contributed by atoms with Crippen LogP contribution in [0.4, 0.5) is 17.6 Å². The molecule has 0 fully saturated rings. The molecule has 4 nitrogen and oxygen atoms in total. The van der Waals surface area contributed by atoms with Gasteiger partial charge in [-0.05, 0) is 18.2 Å². The minimum atomic E-state index is -4.55. The molecule has 0 aliphatic rings. The number of halogens is 4. The van der Waals surface area contributed by atoms with E-state index in [0.29, 0.717) is 12.4 Å². The molecule has 1 heterocycles. The molecule has 0 saturated carbocycles. The van der Waals surface area contributed by atoms with E-state index in [9.17, 15) is 22.4 Å². The van der Waals surface area contributed by atoms with E-state index >= 15 is 0 Å². The first kappa shape index (κ1) is 14.0. The lowest BCUT2D eigenvalue weighted by Gasteiger charge is -2.05. The van der Waals surface area contributed by atoms with E-state index in [2.05, 4.69) is 9.84 Å². The van der Waals surface area contributed by atoms with Crippen LogP contribution in [-0.4, -0.2) is 22.9 Å². The average Bonchev–Trinajstić information content (AvgIpc) is 2.87. The van der Waals surface area contributed by atoms with Crippen molar-refractivity contribution in [2.75, 3.05) is 7.11 Å². The highest BCUT2D eigenvalue weighted by Gasteiger charge is 2.32. The number of aromatic nitrogens is 2. The van der Waals surface area contributed by atoms with E-state index in [4.69, 9.17) is 0 Å². The van der Waals surface area contributed by atoms with Gasteiger partial charge < -0.3 is 4.74 Å². The Morgan fingerprint density at radius 2 is 2.05 bits per heavy atom. The SMILES string of the molecule is COC(=O)c1ccc(-n2cc(C(F)(F)F)cn2)c(F)c1. The Labute approximate surface area is 110 Å². The number of ether oxygens (including phenoxy) is 1. The van der Waals surface area contributed by atoms with Gasteiger partial charge in [-0.2, -0.15) is 18.3 Å². The third kappa shape index (κ3) is 2.63. The van der Waals surface area contributed by atoms with Crippen molar-refractivity contribution < 1.29 is 27.1 Å². The number of rotatable bonds is 2. The third-order valence-corrected chi connectivity index (χ3v) is 2.53. The Bertz CT molecular complexity index is 649. The number of alkyl halides is 3. The van der Waals surface area contributed by atoms with Crippen molar-refractivity contribution in [3.05, 3.63) is 47.5 Å². The van der Waals surface area contributed by atoms with E-state index in [1.54, 1.807) is 0 Å². The van der Waals surface area contributed by atoms with Crippen LogP contribution >= 0.6 is 0 Å². The largest absolute Gasteiger partial charge is 0.465 e. The molecule has 0 aliphatic heterocycles. The molecule has 106 valence electrons. The molecule has 2 rings (SSSR count). The van der Waals surface area contributed by atoms with Crippen LogP contribution in [0.5, 0.6) is 0 Å². The molecule has 0 spiro atoms. The standard InChI is InChI=1S/C12H8F4N2O2/c1-20-11(19)7-2-3-10(9(13)4-7)18-6-8(5-17-18)12(14,15)16/h2-6H,1H3. The van der Waals surface area contributed by atoms with Gasteiger partial charge in [-0.25, -0.2) is 13.9 Å². The molecular formula is C12H8F4N2O2. The molecule has 0 aliphatic carbocycles. The summed E-state index contributed by atoms with van der Waals surface area (Å²) in [5.41, 5.74) is -1.24. The number of carbonyl (C=O) groups excluding carboxylic acids is 1. The van der Waals surface area contributed by atoms with Gasteiger partial charge in [-0.3, -0.25) is 0 Å². The summed E-state index contributed by atoms with van der Waals surface area (Å²) in [7, 11) is 1.14. The molecule has 0 unspecified atom stereocenters. The van der Waals surface area contributed by atoms with Crippen LogP contribution in [0.15, 0.2) is 30.6 Å². The van der Waals surface area contributed by atoms with Crippen LogP contribution in [0.3, 0.4) is 0 Å². The van der Waals surface area contributed by atoms with Crippen LogP contribution in [0.25, 0.3) is 5.69 Å². The topological polar surface area (TPSA) is 44.1 Å². The molecule has 0 bridgehead atoms. The Balaban J connectivity index is 2.39. The summed E-state index contributed by atoms with van der Waals surface area (Å²) in [6.45, 7) is 0. The summed E-state index contributed by atoms with van der Waals surface area (Å²) in [6.07, 6.45) is -3.30. The van der Waals surface area contributed by atoms with Crippen LogP contribution < -0.4 is 0 Å². The van der Waals surface area contributed by atoms with Crippen molar-refractivity contribution in [1.29, 1.82) is 0 Å². The summed E-state index contributed by atoms with van der Waals surface area (Å²) in [6, 6.07) is 3.25. The first-order valence-corrected chi connectivity index (χ1v) is 5.33. The zero-order valence-corrected chi connectivity index (χ0v) is 10.1. The number of nitrogens with zero attached hydrogens (tertiary/aromatic N) is 2. The maximum atomic E-state index is 13.8. The first-order chi connectivity index (χ1) is 9.32. The van der Waals surface area contributed by atoms with E-state index in [0.717, 1.165) is 23.9 Å². The second-order valence-electron chi connectivity index (χ2n) is 3.83. The number of hydrogen-bond acceptors (Lipinski definition) is 3. The third-order valence-electron chi connectivity index (χ3n) is 2.53. The van der Waals surface area contributed by atoms with Crippen LogP contribution in [0.2, 0.25) is 0 Å². The Morgan fingerprint density at radius 1 is 1.35 bits per heavy atom. The number of hydrogen-bond donors (Lipinski definition) is 0. The highest BCUT2D eigenvalue weighted by molar-refractivity contribution is 5.89. The van der Waals surface area contributed by atoms with Gasteiger partial charge >= 0.3 is 12.1 Å². The van der Waals surface area contributed by atoms with Crippen molar-refractivity contribution in [2.24, 2.45) is 0 Å². The predicted octanol–water partition coefficient (Wildman–Crippen LogP) is 2.82. The molecule has 1 aromatic carbocycles. The molecular weight excluding hydrogens is 280 g/mol. The second kappa shape index (κ2) is 4.95. The summed E-state index contributed by atoms with van der Waals surface area (Å²) < 4.78 is 56.2. The van der Waals surface area contributed by atoms with Crippen LogP contribution in [0.1, 0.15) is 15.9 Å². The summed E-state index contributed by atoms with van der Waals surface area (Å²) in [5, 5.41) is 3.45. The average molecular weight is 288 g/mol. The molecule has 0 atom stereocenters. The minimum Gasteiger partial charge on any atom is -0.465 e. The lowest BCUT2D eigenvalue weighted by atomic mass is 10.2. The maximum absolute atomic E-state index is 13.8. The maximum Gasteiger partial charge on any atom is 0.419 e. The molecule has 0 radical (unpaired) electrons. The van der Waals surface area contributed by atoms with Gasteiger partial charge in [0.15, 0.2) is 0 Å². The smallest absolute Gasteiger partial charge is 0.419 e. The van der Waals surface area contributed by atoms with Gasteiger partial charge in [-0.15, -0.1) is 0 Å². The highest BCUT2D eigenvalue weighted by Crippen LogP contribution is 2.29. The van der Waals surface area contributed by atoms with Crippen LogP contribution in [-0.2, 0) is 10.9 Å². The molecule has 0 N–H and O–H groups in total. The van der Waals surface area contributed by atoms with Crippen molar-refractivity contribution >= 4 is 5.97 Å². The van der Waals surface area contributed by atoms with Crippen molar-refractivity contribution in [3.8, 4) is 5.69 Å². The van der Waals surface area contributed by atoms with Crippen LogP contribution in [0, 0.1) is 5.82 Å². The van der Waals surface area contributed by atoms with Gasteiger partial charge in [0.25, 0.3) is 0 Å². The van der Waals surface area contributed by atoms with Crippen molar-refractivity contribution in [1.82, 2.24) is 9.78 Å². The number of benzene rings is 1. The van der Waals surface area contributed by atoms with Gasteiger partial charge in [0.2, 0.25) is 0 Å². The predicted molar refractivity (Wildman–Crippen MR) is 59.9 cm³/mol. The van der Waals surface area contributed by atoms with E-state index in [1.807, 2.05) is 0 Å². The molecule has 20 heavy (non-hydrogen) atoms. The fourth-order valence-electron chi connectivity index (χ4n) is 1.54. The number of methoxy groups -OCH3 is 1. The normalized spacial score (nSPS) is 11.4. The van der Waals surface area contributed by atoms with Crippen molar-refractivity contribution in [3.63, 3.8) is 0 Å². The summed E-state index contributed by atoms with van der Waals surface area (Å²) >= 11 is 0. The van der Waals surface area contributed by atoms with E-state index in [-0.39, 0.29) is 11.3 Å². The monoisotopic (exact) mass is 288 g/mol. The molecule has 0 saturated heterocycles. The highest BCUT2D eigenvalue weighted by atomic mass is 19.4. The quantitative estimate of drug-likeness (QED) is 0.630.